The molecule has 3 rings (SSSR count). The average molecular weight is 234 g/mol. The van der Waals surface area contributed by atoms with Crippen LogP contribution in [-0.4, -0.2) is 42.4 Å². The Morgan fingerprint density at radius 2 is 2.35 bits per heavy atom. The van der Waals surface area contributed by atoms with Gasteiger partial charge in [0.2, 0.25) is 0 Å². The number of aliphatic carboxylic acids is 1. The zero-order chi connectivity index (χ0) is 11.8. The second kappa shape index (κ2) is 3.65. The lowest BCUT2D eigenvalue weighted by Crippen LogP contribution is -2.31. The molecule has 0 amide bonds. The molecular formula is C9H10N6O2. The molecular weight excluding hydrogens is 224 g/mol. The van der Waals surface area contributed by atoms with Crippen LogP contribution in [0.15, 0.2) is 12.1 Å². The number of nitrogens with zero attached hydrogens (tertiary/aromatic N) is 5. The van der Waals surface area contributed by atoms with Crippen LogP contribution in [0.2, 0.25) is 0 Å². The molecule has 88 valence electrons. The first kappa shape index (κ1) is 9.94. The van der Waals surface area contributed by atoms with Crippen molar-refractivity contribution in [1.29, 1.82) is 0 Å². The highest BCUT2D eigenvalue weighted by molar-refractivity contribution is 5.77. The van der Waals surface area contributed by atoms with E-state index in [-0.39, 0.29) is 5.92 Å². The summed E-state index contributed by atoms with van der Waals surface area (Å²) in [6.45, 7) is 0. The van der Waals surface area contributed by atoms with Gasteiger partial charge in [0.05, 0.1) is 0 Å². The van der Waals surface area contributed by atoms with Crippen LogP contribution in [0.3, 0.4) is 0 Å². The van der Waals surface area contributed by atoms with Gasteiger partial charge in [0.15, 0.2) is 5.65 Å². The van der Waals surface area contributed by atoms with Gasteiger partial charge in [-0.1, -0.05) is 0 Å². The maximum atomic E-state index is 11.1. The van der Waals surface area contributed by atoms with Gasteiger partial charge < -0.3 is 10.4 Å². The summed E-state index contributed by atoms with van der Waals surface area (Å²) >= 11 is 0. The lowest BCUT2D eigenvalue weighted by Gasteiger charge is -2.13. The molecule has 2 heterocycles. The van der Waals surface area contributed by atoms with Crippen LogP contribution in [-0.2, 0) is 4.79 Å². The van der Waals surface area contributed by atoms with Crippen molar-refractivity contribution in [3.63, 3.8) is 0 Å². The zero-order valence-corrected chi connectivity index (χ0v) is 8.82. The molecule has 1 atom stereocenters. The maximum Gasteiger partial charge on any atom is 0.326 e. The summed E-state index contributed by atoms with van der Waals surface area (Å²) in [7, 11) is 0. The number of aromatic nitrogens is 5. The van der Waals surface area contributed by atoms with E-state index in [1.54, 1.807) is 12.1 Å². The first-order chi connectivity index (χ1) is 8.24. The van der Waals surface area contributed by atoms with Gasteiger partial charge >= 0.3 is 5.97 Å². The zero-order valence-electron chi connectivity index (χ0n) is 8.82. The van der Waals surface area contributed by atoms with Crippen molar-refractivity contribution in [2.75, 3.05) is 5.32 Å². The van der Waals surface area contributed by atoms with Crippen LogP contribution in [0.5, 0.6) is 0 Å². The van der Waals surface area contributed by atoms with Crippen molar-refractivity contribution < 1.29 is 9.90 Å². The Morgan fingerprint density at radius 3 is 3.06 bits per heavy atom. The molecule has 0 aliphatic heterocycles. The van der Waals surface area contributed by atoms with Crippen LogP contribution in [0.4, 0.5) is 5.82 Å². The molecule has 2 aromatic rings. The largest absolute Gasteiger partial charge is 0.480 e. The Hall–Kier alpha value is -2.25. The Kier molecular flexibility index (Phi) is 2.13. The molecule has 0 aromatic carbocycles. The molecule has 0 bridgehead atoms. The molecule has 0 saturated heterocycles. The number of rotatable bonds is 4. The summed E-state index contributed by atoms with van der Waals surface area (Å²) in [5.74, 6) is -0.200. The van der Waals surface area contributed by atoms with Crippen molar-refractivity contribution in [1.82, 2.24) is 25.3 Å². The normalized spacial score (nSPS) is 16.9. The van der Waals surface area contributed by atoms with E-state index in [4.69, 9.17) is 5.11 Å². The standard InChI is InChI=1S/C9H10N6O2/c16-9(17)8(5-1-2-5)10-6-3-4-7-11-13-14-15(7)12-6/h3-5,8H,1-2H2,(H,10,12)(H,16,17). The predicted octanol–water partition coefficient (Wildman–Crippen LogP) is -0.206. The van der Waals surface area contributed by atoms with Crippen molar-refractivity contribution in [2.45, 2.75) is 18.9 Å². The van der Waals surface area contributed by atoms with Gasteiger partial charge in [-0.25, -0.2) is 4.79 Å². The smallest absolute Gasteiger partial charge is 0.326 e. The van der Waals surface area contributed by atoms with E-state index in [0.29, 0.717) is 11.5 Å². The quantitative estimate of drug-likeness (QED) is 0.754. The summed E-state index contributed by atoms with van der Waals surface area (Å²) in [6.07, 6.45) is 1.88. The lowest BCUT2D eigenvalue weighted by atomic mass is 10.2. The summed E-state index contributed by atoms with van der Waals surface area (Å²) < 4.78 is 1.26. The van der Waals surface area contributed by atoms with Crippen LogP contribution in [0, 0.1) is 5.92 Å². The van der Waals surface area contributed by atoms with E-state index in [1.807, 2.05) is 0 Å². The van der Waals surface area contributed by atoms with Crippen molar-refractivity contribution in [3.8, 4) is 0 Å². The first-order valence-electron chi connectivity index (χ1n) is 5.29. The maximum absolute atomic E-state index is 11.1. The molecule has 1 unspecified atom stereocenters. The third kappa shape index (κ3) is 1.88. The number of carbonyl (C=O) groups is 1. The number of anilines is 1. The number of carboxylic acids is 1. The summed E-state index contributed by atoms with van der Waals surface area (Å²) in [5, 5.41) is 26.9. The number of hydrogen-bond acceptors (Lipinski definition) is 6. The molecule has 0 radical (unpaired) electrons. The number of hydrogen-bond donors (Lipinski definition) is 2. The molecule has 2 aromatic heterocycles. The fourth-order valence-corrected chi connectivity index (χ4v) is 1.70. The number of tetrazole rings is 1. The lowest BCUT2D eigenvalue weighted by molar-refractivity contribution is -0.138. The summed E-state index contributed by atoms with van der Waals surface area (Å²) in [6, 6.07) is 2.77. The Bertz CT molecular complexity index is 563. The van der Waals surface area contributed by atoms with Crippen LogP contribution in [0.1, 0.15) is 12.8 Å². The van der Waals surface area contributed by atoms with Crippen LogP contribution in [0.25, 0.3) is 5.65 Å². The molecule has 1 fully saturated rings. The second-order valence-electron chi connectivity index (χ2n) is 4.04. The van der Waals surface area contributed by atoms with E-state index < -0.39 is 12.0 Å². The fourth-order valence-electron chi connectivity index (χ4n) is 1.70. The minimum Gasteiger partial charge on any atom is -0.480 e. The van der Waals surface area contributed by atoms with Crippen molar-refractivity contribution in [2.24, 2.45) is 5.92 Å². The van der Waals surface area contributed by atoms with E-state index in [9.17, 15) is 4.79 Å². The van der Waals surface area contributed by atoms with Gasteiger partial charge in [0.1, 0.15) is 11.9 Å². The van der Waals surface area contributed by atoms with E-state index in [2.05, 4.69) is 25.9 Å². The number of nitrogens with one attached hydrogen (secondary N) is 1. The fraction of sp³-hybridized carbons (Fsp3) is 0.444. The van der Waals surface area contributed by atoms with Gasteiger partial charge in [-0.3, -0.25) is 0 Å². The van der Waals surface area contributed by atoms with E-state index in [0.717, 1.165) is 12.8 Å². The van der Waals surface area contributed by atoms with Gasteiger partial charge in [0, 0.05) is 0 Å². The van der Waals surface area contributed by atoms with Gasteiger partial charge in [0.25, 0.3) is 0 Å². The Labute approximate surface area is 95.6 Å². The highest BCUT2D eigenvalue weighted by Crippen LogP contribution is 2.34. The van der Waals surface area contributed by atoms with Crippen LogP contribution >= 0.6 is 0 Å². The molecule has 2 N–H and O–H groups in total. The molecule has 8 heteroatoms. The predicted molar refractivity (Wildman–Crippen MR) is 56.3 cm³/mol. The third-order valence-electron chi connectivity index (χ3n) is 2.73. The van der Waals surface area contributed by atoms with E-state index >= 15 is 0 Å². The average Bonchev–Trinajstić information content (AvgIpc) is 3.03. The molecule has 8 nitrogen and oxygen atoms in total. The minimum atomic E-state index is -0.855. The number of carboxylic acid groups (broad SMARTS) is 1. The number of fused-ring (bicyclic) bond motifs is 1. The van der Waals surface area contributed by atoms with Crippen LogP contribution < -0.4 is 5.32 Å². The van der Waals surface area contributed by atoms with Gasteiger partial charge in [-0.2, -0.15) is 0 Å². The second-order valence-corrected chi connectivity index (χ2v) is 4.04. The molecule has 1 aliphatic carbocycles. The first-order valence-corrected chi connectivity index (χ1v) is 5.29. The SMILES string of the molecule is O=C(O)C(Nc1ccc2nnnn2n1)C1CC1. The Morgan fingerprint density at radius 1 is 1.53 bits per heavy atom. The van der Waals surface area contributed by atoms with Gasteiger partial charge in [-0.15, -0.1) is 14.8 Å². The van der Waals surface area contributed by atoms with Gasteiger partial charge in [-0.05, 0) is 41.3 Å². The van der Waals surface area contributed by atoms with Crippen molar-refractivity contribution in [3.05, 3.63) is 12.1 Å². The van der Waals surface area contributed by atoms with Crippen molar-refractivity contribution >= 4 is 17.4 Å². The molecule has 1 aliphatic rings. The topological polar surface area (TPSA) is 105 Å². The molecule has 0 spiro atoms. The summed E-state index contributed by atoms with van der Waals surface area (Å²) in [4.78, 5) is 11.1. The molecule has 1 saturated carbocycles. The minimum absolute atomic E-state index is 0.193. The van der Waals surface area contributed by atoms with E-state index in [1.165, 1.54) is 4.63 Å². The highest BCUT2D eigenvalue weighted by atomic mass is 16.4. The highest BCUT2D eigenvalue weighted by Gasteiger charge is 2.36. The third-order valence-corrected chi connectivity index (χ3v) is 2.73. The monoisotopic (exact) mass is 234 g/mol. The summed E-state index contributed by atoms with van der Waals surface area (Å²) in [5.41, 5.74) is 0.522. The molecule has 17 heavy (non-hydrogen) atoms. The Balaban J connectivity index is 1.85.